The molecule has 0 saturated heterocycles. The summed E-state index contributed by atoms with van der Waals surface area (Å²) in [7, 11) is -1.04. The minimum Gasteiger partial charge on any atom is -0.361 e. The highest BCUT2D eigenvalue weighted by atomic mass is 35.5. The monoisotopic (exact) mass is 357 g/mol. The lowest BCUT2D eigenvalue weighted by atomic mass is 10.1. The molecular formula is C15H21Cl2N3OSi. The summed E-state index contributed by atoms with van der Waals surface area (Å²) in [6.45, 7) is 8.34. The number of imidazole rings is 1. The molecule has 120 valence electrons. The average molecular weight is 358 g/mol. The molecule has 0 radical (unpaired) electrons. The Morgan fingerprint density at radius 1 is 1.18 bits per heavy atom. The van der Waals surface area contributed by atoms with Gasteiger partial charge in [-0.25, -0.2) is 4.98 Å². The Labute approximate surface area is 142 Å². The lowest BCUT2D eigenvalue weighted by Gasteiger charge is -2.15. The van der Waals surface area contributed by atoms with Crippen LogP contribution in [0, 0.1) is 0 Å². The summed E-state index contributed by atoms with van der Waals surface area (Å²) >= 11 is 12.3. The van der Waals surface area contributed by atoms with Gasteiger partial charge in [0.15, 0.2) is 0 Å². The summed E-state index contributed by atoms with van der Waals surface area (Å²) in [6.07, 6.45) is 7.51. The number of halogens is 2. The molecule has 0 unspecified atom stereocenters. The van der Waals surface area contributed by atoms with Crippen LogP contribution in [0.1, 0.15) is 11.3 Å². The van der Waals surface area contributed by atoms with Gasteiger partial charge >= 0.3 is 0 Å². The number of nitrogens with zero attached hydrogens (tertiary/aromatic N) is 3. The zero-order chi connectivity index (χ0) is 16.2. The van der Waals surface area contributed by atoms with E-state index in [0.717, 1.165) is 23.9 Å². The Morgan fingerprint density at radius 2 is 1.86 bits per heavy atom. The summed E-state index contributed by atoms with van der Waals surface area (Å²) < 4.78 is 7.64. The van der Waals surface area contributed by atoms with E-state index in [1.807, 2.05) is 10.8 Å². The molecule has 2 aromatic rings. The second-order valence-electron chi connectivity index (χ2n) is 6.49. The fourth-order valence-electron chi connectivity index (χ4n) is 1.90. The van der Waals surface area contributed by atoms with E-state index in [4.69, 9.17) is 27.9 Å². The summed E-state index contributed by atoms with van der Waals surface area (Å²) in [5.41, 5.74) is 1.76. The SMILES string of the molecule is C[Si](C)(C)CCOCn1cnc(Cc2c(Cl)cncc2Cl)c1. The van der Waals surface area contributed by atoms with Crippen LogP contribution in [0.5, 0.6) is 0 Å². The predicted molar refractivity (Wildman–Crippen MR) is 93.4 cm³/mol. The lowest BCUT2D eigenvalue weighted by molar-refractivity contribution is 0.0871. The molecule has 0 spiro atoms. The van der Waals surface area contributed by atoms with Crippen LogP contribution in [0.2, 0.25) is 35.7 Å². The molecule has 7 heteroatoms. The van der Waals surface area contributed by atoms with Crippen molar-refractivity contribution in [3.8, 4) is 0 Å². The van der Waals surface area contributed by atoms with Crippen LogP contribution in [0.25, 0.3) is 0 Å². The molecule has 22 heavy (non-hydrogen) atoms. The molecule has 0 amide bonds. The molecule has 4 nitrogen and oxygen atoms in total. The van der Waals surface area contributed by atoms with Crippen LogP contribution in [0.3, 0.4) is 0 Å². The summed E-state index contributed by atoms with van der Waals surface area (Å²) in [4.78, 5) is 8.33. The van der Waals surface area contributed by atoms with Crippen molar-refractivity contribution >= 4 is 31.3 Å². The second kappa shape index (κ2) is 7.59. The molecule has 0 aliphatic carbocycles. The van der Waals surface area contributed by atoms with Crippen LogP contribution in [-0.2, 0) is 17.9 Å². The largest absolute Gasteiger partial charge is 0.361 e. The van der Waals surface area contributed by atoms with E-state index in [9.17, 15) is 0 Å². The average Bonchev–Trinajstić information content (AvgIpc) is 2.86. The van der Waals surface area contributed by atoms with Gasteiger partial charge in [-0.3, -0.25) is 4.98 Å². The maximum atomic E-state index is 6.13. The van der Waals surface area contributed by atoms with E-state index in [0.29, 0.717) is 23.2 Å². The van der Waals surface area contributed by atoms with Crippen molar-refractivity contribution in [2.24, 2.45) is 0 Å². The molecule has 0 aliphatic rings. The number of rotatable bonds is 7. The first-order chi connectivity index (χ1) is 10.3. The van der Waals surface area contributed by atoms with Crippen molar-refractivity contribution in [1.29, 1.82) is 0 Å². The van der Waals surface area contributed by atoms with Gasteiger partial charge in [-0.2, -0.15) is 0 Å². The topological polar surface area (TPSA) is 39.9 Å². The normalized spacial score (nSPS) is 11.9. The maximum absolute atomic E-state index is 6.13. The van der Waals surface area contributed by atoms with Crippen molar-refractivity contribution in [2.75, 3.05) is 6.61 Å². The third kappa shape index (κ3) is 5.39. The first kappa shape index (κ1) is 17.5. The Kier molecular flexibility index (Phi) is 6.03. The van der Waals surface area contributed by atoms with Crippen molar-refractivity contribution in [3.63, 3.8) is 0 Å². The summed E-state index contributed by atoms with van der Waals surface area (Å²) in [6, 6.07) is 1.16. The van der Waals surface area contributed by atoms with E-state index >= 15 is 0 Å². The molecule has 0 bridgehead atoms. The van der Waals surface area contributed by atoms with Crippen LogP contribution in [0.4, 0.5) is 0 Å². The molecular weight excluding hydrogens is 337 g/mol. The van der Waals surface area contributed by atoms with Crippen molar-refractivity contribution in [2.45, 2.75) is 38.8 Å². The van der Waals surface area contributed by atoms with Gasteiger partial charge in [0.05, 0.1) is 22.1 Å². The molecule has 0 atom stereocenters. The molecule has 0 aromatic carbocycles. The highest BCUT2D eigenvalue weighted by Crippen LogP contribution is 2.25. The van der Waals surface area contributed by atoms with Gasteiger partial charge < -0.3 is 9.30 Å². The smallest absolute Gasteiger partial charge is 0.123 e. The number of hydrogen-bond donors (Lipinski definition) is 0. The fourth-order valence-corrected chi connectivity index (χ4v) is 3.16. The quantitative estimate of drug-likeness (QED) is 0.541. The standard InChI is InChI=1S/C15H21Cl2N3OSi/c1-22(2,3)5-4-21-11-20-9-12(19-10-20)6-13-14(16)7-18-8-15(13)17/h7-10H,4-6,11H2,1-3H3. The molecule has 2 aromatic heterocycles. The Hall–Kier alpha value is -0.883. The molecule has 0 fully saturated rings. The number of ether oxygens (including phenoxy) is 1. The third-order valence-electron chi connectivity index (χ3n) is 3.23. The molecule has 0 N–H and O–H groups in total. The van der Waals surface area contributed by atoms with Crippen LogP contribution < -0.4 is 0 Å². The van der Waals surface area contributed by atoms with E-state index in [2.05, 4.69) is 29.6 Å². The van der Waals surface area contributed by atoms with E-state index in [1.165, 1.54) is 0 Å². The first-order valence-electron chi connectivity index (χ1n) is 7.21. The summed E-state index contributed by atoms with van der Waals surface area (Å²) in [5.74, 6) is 0. The Bertz CT molecular complexity index is 605. The number of aromatic nitrogens is 3. The van der Waals surface area contributed by atoms with Gasteiger partial charge in [-0.1, -0.05) is 42.8 Å². The highest BCUT2D eigenvalue weighted by molar-refractivity contribution is 6.76. The van der Waals surface area contributed by atoms with Crippen LogP contribution >= 0.6 is 23.2 Å². The molecule has 0 saturated carbocycles. The van der Waals surface area contributed by atoms with Crippen molar-refractivity contribution in [3.05, 3.63) is 46.2 Å². The van der Waals surface area contributed by atoms with Gasteiger partial charge in [0.25, 0.3) is 0 Å². The van der Waals surface area contributed by atoms with Crippen molar-refractivity contribution < 1.29 is 4.74 Å². The van der Waals surface area contributed by atoms with Crippen molar-refractivity contribution in [1.82, 2.24) is 14.5 Å². The van der Waals surface area contributed by atoms with Gasteiger partial charge in [-0.15, -0.1) is 0 Å². The molecule has 2 rings (SSSR count). The molecule has 2 heterocycles. The number of pyridine rings is 1. The fraction of sp³-hybridized carbons (Fsp3) is 0.467. The van der Waals surface area contributed by atoms with Crippen LogP contribution in [0.15, 0.2) is 24.9 Å². The Balaban J connectivity index is 1.89. The second-order valence-corrected chi connectivity index (χ2v) is 12.9. The van der Waals surface area contributed by atoms with Crippen LogP contribution in [-0.4, -0.2) is 29.2 Å². The van der Waals surface area contributed by atoms with E-state index < -0.39 is 8.07 Å². The number of hydrogen-bond acceptors (Lipinski definition) is 3. The van der Waals surface area contributed by atoms with Gasteiger partial charge in [0, 0.05) is 39.7 Å². The molecule has 0 aliphatic heterocycles. The van der Waals surface area contributed by atoms with E-state index in [-0.39, 0.29) is 0 Å². The van der Waals surface area contributed by atoms with Gasteiger partial charge in [-0.05, 0) is 11.6 Å². The summed E-state index contributed by atoms with van der Waals surface area (Å²) in [5, 5.41) is 1.13. The first-order valence-corrected chi connectivity index (χ1v) is 11.7. The Morgan fingerprint density at radius 3 is 2.50 bits per heavy atom. The minimum atomic E-state index is -1.04. The minimum absolute atomic E-state index is 0.523. The zero-order valence-electron chi connectivity index (χ0n) is 13.1. The maximum Gasteiger partial charge on any atom is 0.123 e. The van der Waals surface area contributed by atoms with Gasteiger partial charge in [0.2, 0.25) is 0 Å². The van der Waals surface area contributed by atoms with Gasteiger partial charge in [0.1, 0.15) is 6.73 Å². The predicted octanol–water partition coefficient (Wildman–Crippen LogP) is 4.49. The lowest BCUT2D eigenvalue weighted by Crippen LogP contribution is -2.21. The third-order valence-corrected chi connectivity index (χ3v) is 5.59. The zero-order valence-corrected chi connectivity index (χ0v) is 15.7. The van der Waals surface area contributed by atoms with E-state index in [1.54, 1.807) is 18.7 Å². The highest BCUT2D eigenvalue weighted by Gasteiger charge is 2.12.